The molecule has 144 valence electrons. The van der Waals surface area contributed by atoms with Crippen LogP contribution in [-0.4, -0.2) is 60.9 Å². The Morgan fingerprint density at radius 1 is 1.08 bits per heavy atom. The van der Waals surface area contributed by atoms with Crippen LogP contribution in [0.2, 0.25) is 0 Å². The molecule has 26 heavy (non-hydrogen) atoms. The summed E-state index contributed by atoms with van der Waals surface area (Å²) in [5.74, 6) is 0.921. The van der Waals surface area contributed by atoms with E-state index in [1.165, 1.54) is 0 Å². The predicted octanol–water partition coefficient (Wildman–Crippen LogP) is 1.67. The molecular weight excluding hydrogens is 330 g/mol. The minimum atomic E-state index is -0.514. The normalized spacial score (nSPS) is 16.3. The Hall–Kier alpha value is -2.08. The van der Waals surface area contributed by atoms with Gasteiger partial charge in [0.25, 0.3) is 0 Å². The molecule has 1 saturated heterocycles. The van der Waals surface area contributed by atoms with E-state index in [0.29, 0.717) is 39.0 Å². The van der Waals surface area contributed by atoms with E-state index >= 15 is 0 Å². The molecule has 1 fully saturated rings. The summed E-state index contributed by atoms with van der Waals surface area (Å²) < 4.78 is 5.14. The number of aryl methyl sites for hydroxylation is 1. The number of ether oxygens (including phenoxy) is 1. The highest BCUT2D eigenvalue weighted by Crippen LogP contribution is 2.20. The summed E-state index contributed by atoms with van der Waals surface area (Å²) in [6, 6.07) is 7.26. The van der Waals surface area contributed by atoms with Crippen molar-refractivity contribution in [2.24, 2.45) is 11.1 Å². The van der Waals surface area contributed by atoms with Gasteiger partial charge < -0.3 is 20.3 Å². The maximum Gasteiger partial charge on any atom is 0.240 e. The van der Waals surface area contributed by atoms with Crippen molar-refractivity contribution in [3.05, 3.63) is 29.8 Å². The predicted molar refractivity (Wildman–Crippen MR) is 102 cm³/mol. The molecule has 0 aromatic heterocycles. The molecule has 2 rings (SSSR count). The lowest BCUT2D eigenvalue weighted by atomic mass is 9.86. The van der Waals surface area contributed by atoms with Crippen molar-refractivity contribution in [1.29, 1.82) is 0 Å². The van der Waals surface area contributed by atoms with Crippen molar-refractivity contribution in [1.82, 2.24) is 9.80 Å². The quantitative estimate of drug-likeness (QED) is 0.866. The van der Waals surface area contributed by atoms with E-state index in [1.807, 2.05) is 49.9 Å². The highest BCUT2D eigenvalue weighted by molar-refractivity contribution is 5.83. The number of hydrogen-bond acceptors (Lipinski definition) is 4. The fraction of sp³-hybridized carbons (Fsp3) is 0.600. The first kappa shape index (κ1) is 20.2. The molecule has 6 heteroatoms. The molecule has 0 unspecified atom stereocenters. The number of nitrogens with zero attached hydrogens (tertiary/aromatic N) is 2. The van der Waals surface area contributed by atoms with E-state index in [9.17, 15) is 9.59 Å². The van der Waals surface area contributed by atoms with Gasteiger partial charge in [0.2, 0.25) is 11.8 Å². The zero-order chi connectivity index (χ0) is 19.3. The fourth-order valence-electron chi connectivity index (χ4n) is 2.94. The number of nitrogens with two attached hydrogens (primary N) is 1. The van der Waals surface area contributed by atoms with E-state index in [0.717, 1.165) is 11.3 Å². The smallest absolute Gasteiger partial charge is 0.240 e. The van der Waals surface area contributed by atoms with Gasteiger partial charge in [-0.05, 0) is 29.5 Å². The minimum absolute atomic E-state index is 0.0252. The van der Waals surface area contributed by atoms with Crippen LogP contribution in [0.3, 0.4) is 0 Å². The molecule has 2 amide bonds. The summed E-state index contributed by atoms with van der Waals surface area (Å²) in [5.41, 5.74) is 6.93. The summed E-state index contributed by atoms with van der Waals surface area (Å²) in [7, 11) is 1.64. The van der Waals surface area contributed by atoms with Gasteiger partial charge in [0, 0.05) is 32.6 Å². The van der Waals surface area contributed by atoms with Crippen molar-refractivity contribution in [3.63, 3.8) is 0 Å². The Morgan fingerprint density at radius 3 is 2.12 bits per heavy atom. The van der Waals surface area contributed by atoms with E-state index < -0.39 is 6.04 Å². The summed E-state index contributed by atoms with van der Waals surface area (Å²) in [6.07, 6.45) is 1.18. The van der Waals surface area contributed by atoms with Crippen LogP contribution in [-0.2, 0) is 16.0 Å². The number of rotatable bonds is 5. The third-order valence-electron chi connectivity index (χ3n) is 4.93. The van der Waals surface area contributed by atoms with E-state index in [-0.39, 0.29) is 17.2 Å². The molecule has 0 saturated carbocycles. The lowest BCUT2D eigenvalue weighted by molar-refractivity contribution is -0.141. The van der Waals surface area contributed by atoms with Crippen molar-refractivity contribution in [3.8, 4) is 5.75 Å². The summed E-state index contributed by atoms with van der Waals surface area (Å²) in [4.78, 5) is 28.5. The number of benzene rings is 1. The molecule has 1 heterocycles. The number of hydrogen-bond donors (Lipinski definition) is 1. The van der Waals surface area contributed by atoms with Crippen LogP contribution in [0.5, 0.6) is 5.75 Å². The van der Waals surface area contributed by atoms with Gasteiger partial charge in [-0.3, -0.25) is 9.59 Å². The lowest BCUT2D eigenvalue weighted by Crippen LogP contribution is -2.57. The van der Waals surface area contributed by atoms with Crippen LogP contribution in [0.1, 0.15) is 32.8 Å². The first-order chi connectivity index (χ1) is 12.2. The third-order valence-corrected chi connectivity index (χ3v) is 4.93. The van der Waals surface area contributed by atoms with Gasteiger partial charge in [0.05, 0.1) is 13.2 Å². The fourth-order valence-corrected chi connectivity index (χ4v) is 2.94. The molecular formula is C20H31N3O3. The SMILES string of the molecule is COc1ccc(CCC(=O)N2CCN(C(=O)[C@@H](N)C(C)(C)C)CC2)cc1. The van der Waals surface area contributed by atoms with Crippen LogP contribution in [0, 0.1) is 5.41 Å². The zero-order valence-electron chi connectivity index (χ0n) is 16.3. The minimum Gasteiger partial charge on any atom is -0.497 e. The maximum atomic E-state index is 12.5. The standard InChI is InChI=1S/C20H31N3O3/c1-20(2,3)18(21)19(25)23-13-11-22(12-14-23)17(24)10-7-15-5-8-16(26-4)9-6-15/h5-6,8-9,18H,7,10-14,21H2,1-4H3/t18-/m1/s1. The number of carbonyl (C=O) groups is 2. The van der Waals surface area contributed by atoms with Gasteiger partial charge in [-0.25, -0.2) is 0 Å². The zero-order valence-corrected chi connectivity index (χ0v) is 16.3. The Balaban J connectivity index is 1.79. The van der Waals surface area contributed by atoms with E-state index in [1.54, 1.807) is 12.0 Å². The van der Waals surface area contributed by atoms with Gasteiger partial charge >= 0.3 is 0 Å². The molecule has 0 radical (unpaired) electrons. The molecule has 1 atom stereocenters. The largest absolute Gasteiger partial charge is 0.497 e. The summed E-state index contributed by atoms with van der Waals surface area (Å²) >= 11 is 0. The molecule has 6 nitrogen and oxygen atoms in total. The Bertz CT molecular complexity index is 614. The van der Waals surface area contributed by atoms with E-state index in [2.05, 4.69) is 0 Å². The van der Waals surface area contributed by atoms with Gasteiger partial charge in [-0.1, -0.05) is 32.9 Å². The van der Waals surface area contributed by atoms with Crippen molar-refractivity contribution >= 4 is 11.8 Å². The average molecular weight is 361 g/mol. The van der Waals surface area contributed by atoms with Crippen LogP contribution in [0.15, 0.2) is 24.3 Å². The highest BCUT2D eigenvalue weighted by Gasteiger charge is 2.33. The first-order valence-corrected chi connectivity index (χ1v) is 9.17. The maximum absolute atomic E-state index is 12.5. The van der Waals surface area contributed by atoms with Gasteiger partial charge in [-0.15, -0.1) is 0 Å². The number of piperazine rings is 1. The Labute approximate surface area is 156 Å². The second-order valence-corrected chi connectivity index (χ2v) is 7.90. The monoisotopic (exact) mass is 361 g/mol. The van der Waals surface area contributed by atoms with Gasteiger partial charge in [0.15, 0.2) is 0 Å². The number of carbonyl (C=O) groups excluding carboxylic acids is 2. The molecule has 1 aromatic rings. The number of methoxy groups -OCH3 is 1. The summed E-state index contributed by atoms with van der Waals surface area (Å²) in [5, 5.41) is 0. The second kappa shape index (κ2) is 8.54. The lowest BCUT2D eigenvalue weighted by Gasteiger charge is -2.38. The van der Waals surface area contributed by atoms with Crippen LogP contribution < -0.4 is 10.5 Å². The van der Waals surface area contributed by atoms with Gasteiger partial charge in [-0.2, -0.15) is 0 Å². The van der Waals surface area contributed by atoms with Crippen LogP contribution >= 0.6 is 0 Å². The molecule has 1 aliphatic heterocycles. The Kier molecular flexibility index (Phi) is 6.64. The molecule has 0 aliphatic carbocycles. The average Bonchev–Trinajstić information content (AvgIpc) is 2.64. The third kappa shape index (κ3) is 5.21. The first-order valence-electron chi connectivity index (χ1n) is 9.17. The number of amides is 2. The van der Waals surface area contributed by atoms with Crippen LogP contribution in [0.25, 0.3) is 0 Å². The molecule has 1 aliphatic rings. The van der Waals surface area contributed by atoms with Crippen LogP contribution in [0.4, 0.5) is 0 Å². The van der Waals surface area contributed by atoms with E-state index in [4.69, 9.17) is 10.5 Å². The molecule has 2 N–H and O–H groups in total. The molecule has 0 spiro atoms. The highest BCUT2D eigenvalue weighted by atomic mass is 16.5. The van der Waals surface area contributed by atoms with Crippen molar-refractivity contribution < 1.29 is 14.3 Å². The Morgan fingerprint density at radius 2 is 1.62 bits per heavy atom. The van der Waals surface area contributed by atoms with Crippen molar-refractivity contribution in [2.45, 2.75) is 39.7 Å². The summed E-state index contributed by atoms with van der Waals surface area (Å²) in [6.45, 7) is 8.15. The molecule has 0 bridgehead atoms. The second-order valence-electron chi connectivity index (χ2n) is 7.90. The molecule has 1 aromatic carbocycles. The van der Waals surface area contributed by atoms with Gasteiger partial charge in [0.1, 0.15) is 5.75 Å². The van der Waals surface area contributed by atoms with Crippen molar-refractivity contribution in [2.75, 3.05) is 33.3 Å². The topological polar surface area (TPSA) is 75.9 Å².